The quantitative estimate of drug-likeness (QED) is 0.416. The van der Waals surface area contributed by atoms with Crippen LogP contribution in [-0.4, -0.2) is 78.8 Å². The van der Waals surface area contributed by atoms with E-state index < -0.39 is 17.4 Å². The summed E-state index contributed by atoms with van der Waals surface area (Å²) in [4.78, 5) is 50.4. The molecule has 2 aliphatic rings. The van der Waals surface area contributed by atoms with Crippen LogP contribution in [0.25, 0.3) is 10.6 Å². The van der Waals surface area contributed by atoms with Gasteiger partial charge in [0, 0.05) is 37.6 Å². The molecule has 2 fully saturated rings. The van der Waals surface area contributed by atoms with Crippen molar-refractivity contribution in [1.29, 1.82) is 0 Å². The number of aromatic nitrogens is 1. The first-order valence-electron chi connectivity index (χ1n) is 11.3. The molecule has 182 valence electrons. The first-order valence-corrected chi connectivity index (χ1v) is 12.2. The molecule has 9 nitrogen and oxygen atoms in total. The number of carbonyl (C=O) groups excluding carboxylic acids is 3. The highest BCUT2D eigenvalue weighted by Gasteiger charge is 2.58. The van der Waals surface area contributed by atoms with Crippen molar-refractivity contribution in [1.82, 2.24) is 14.9 Å². The minimum absolute atomic E-state index is 0.0226. The molecule has 3 heterocycles. The van der Waals surface area contributed by atoms with Crippen LogP contribution in [0.5, 0.6) is 0 Å². The van der Waals surface area contributed by atoms with Crippen LogP contribution in [0.4, 0.5) is 0 Å². The van der Waals surface area contributed by atoms with Gasteiger partial charge in [-0.3, -0.25) is 19.2 Å². The van der Waals surface area contributed by atoms with Crippen LogP contribution in [0, 0.1) is 5.92 Å². The van der Waals surface area contributed by atoms with Gasteiger partial charge in [0.25, 0.3) is 0 Å². The molecule has 34 heavy (non-hydrogen) atoms. The summed E-state index contributed by atoms with van der Waals surface area (Å²) in [5.41, 5.74) is 0.942. The Morgan fingerprint density at radius 1 is 1.15 bits per heavy atom. The Balaban J connectivity index is 1.42. The van der Waals surface area contributed by atoms with Gasteiger partial charge in [0.05, 0.1) is 43.9 Å². The van der Waals surface area contributed by atoms with Gasteiger partial charge in [0.2, 0.25) is 11.8 Å². The van der Waals surface area contributed by atoms with E-state index in [1.807, 2.05) is 35.7 Å². The third-order valence-corrected chi connectivity index (χ3v) is 7.48. The largest absolute Gasteiger partial charge is 0.469 e. The lowest BCUT2D eigenvalue weighted by molar-refractivity contribution is -0.226. The molecule has 2 saturated heterocycles. The number of ether oxygens (including phenoxy) is 2. The highest BCUT2D eigenvalue weighted by atomic mass is 32.1. The molecule has 1 aromatic carbocycles. The van der Waals surface area contributed by atoms with E-state index >= 15 is 0 Å². The molecular formula is C24H29N3O6S. The van der Waals surface area contributed by atoms with Crippen LogP contribution in [0.3, 0.4) is 0 Å². The van der Waals surface area contributed by atoms with Crippen LogP contribution in [0.15, 0.2) is 35.7 Å². The van der Waals surface area contributed by atoms with E-state index in [1.165, 1.54) is 23.5 Å². The molecule has 0 N–H and O–H groups in total. The summed E-state index contributed by atoms with van der Waals surface area (Å²) in [5.74, 6) is -1.33. The number of nitrogens with zero attached hydrogens (tertiary/aromatic N) is 3. The molecule has 2 amide bonds. The Bertz CT molecular complexity index is 1020. The van der Waals surface area contributed by atoms with Gasteiger partial charge in [0.1, 0.15) is 5.01 Å². The van der Waals surface area contributed by atoms with E-state index in [0.717, 1.165) is 16.3 Å². The zero-order valence-corrected chi connectivity index (χ0v) is 20.2. The highest BCUT2D eigenvalue weighted by molar-refractivity contribution is 7.13. The second kappa shape index (κ2) is 10.6. The van der Waals surface area contributed by atoms with Crippen LogP contribution < -0.4 is 0 Å². The molecule has 1 aromatic heterocycles. The molecule has 2 aromatic rings. The monoisotopic (exact) mass is 487 g/mol. The Kier molecular flexibility index (Phi) is 7.60. The van der Waals surface area contributed by atoms with Crippen molar-refractivity contribution in [3.63, 3.8) is 0 Å². The van der Waals surface area contributed by atoms with E-state index in [-0.39, 0.29) is 31.3 Å². The summed E-state index contributed by atoms with van der Waals surface area (Å²) < 4.78 is 10.0. The minimum atomic E-state index is -0.824. The lowest BCUT2D eigenvalue weighted by atomic mass is 9.77. The SMILES string of the molecule is COCCON1C(=O)CC(C(=O)OC)C12CCN(C(=O)Cc1csc(-c3ccccc3)n1)CC2. The number of hydroxylamine groups is 2. The van der Waals surface area contributed by atoms with E-state index in [2.05, 4.69) is 4.98 Å². The second-order valence-corrected chi connectivity index (χ2v) is 9.32. The average Bonchev–Trinajstić information content (AvgIpc) is 3.43. The molecule has 4 rings (SSSR count). The fourth-order valence-electron chi connectivity index (χ4n) is 4.76. The van der Waals surface area contributed by atoms with Gasteiger partial charge in [-0.25, -0.2) is 10.0 Å². The molecule has 0 aliphatic carbocycles. The molecule has 2 aliphatic heterocycles. The zero-order chi connectivity index (χ0) is 24.1. The summed E-state index contributed by atoms with van der Waals surface area (Å²) in [6.45, 7) is 1.36. The first kappa shape index (κ1) is 24.3. The summed E-state index contributed by atoms with van der Waals surface area (Å²) in [7, 11) is 2.88. The Labute approximate surface area is 202 Å². The third kappa shape index (κ3) is 4.84. The molecule has 10 heteroatoms. The zero-order valence-electron chi connectivity index (χ0n) is 19.4. The standard InChI is InChI=1S/C24H29N3O6S/c1-31-12-13-33-27-21(29)15-19(23(30)32-2)24(27)8-10-26(11-9-24)20(28)14-18-16-34-22(25-18)17-6-4-3-5-7-17/h3-7,16,19H,8-15H2,1-2H3. The van der Waals surface area contributed by atoms with Crippen LogP contribution in [0.2, 0.25) is 0 Å². The van der Waals surface area contributed by atoms with Gasteiger partial charge in [-0.05, 0) is 12.8 Å². The molecule has 1 unspecified atom stereocenters. The van der Waals surface area contributed by atoms with Crippen molar-refractivity contribution < 1.29 is 28.7 Å². The number of hydrogen-bond donors (Lipinski definition) is 0. The van der Waals surface area contributed by atoms with Crippen molar-refractivity contribution in [2.24, 2.45) is 5.92 Å². The van der Waals surface area contributed by atoms with Crippen molar-refractivity contribution in [3.8, 4) is 10.6 Å². The predicted molar refractivity (Wildman–Crippen MR) is 125 cm³/mol. The molecular weight excluding hydrogens is 458 g/mol. The maximum atomic E-state index is 13.0. The molecule has 1 spiro atoms. The van der Waals surface area contributed by atoms with E-state index in [0.29, 0.717) is 32.5 Å². The Morgan fingerprint density at radius 3 is 2.56 bits per heavy atom. The van der Waals surface area contributed by atoms with Gasteiger partial charge in [-0.15, -0.1) is 11.3 Å². The number of piperidine rings is 1. The maximum Gasteiger partial charge on any atom is 0.311 e. The topological polar surface area (TPSA) is 98.3 Å². The number of hydrogen-bond acceptors (Lipinski definition) is 8. The number of thiazole rings is 1. The van der Waals surface area contributed by atoms with Crippen LogP contribution in [-0.2, 0) is 35.1 Å². The number of esters is 1. The van der Waals surface area contributed by atoms with Crippen molar-refractivity contribution in [2.45, 2.75) is 31.2 Å². The number of amides is 2. The van der Waals surface area contributed by atoms with Gasteiger partial charge >= 0.3 is 5.97 Å². The summed E-state index contributed by atoms with van der Waals surface area (Å²) >= 11 is 1.52. The van der Waals surface area contributed by atoms with Crippen molar-refractivity contribution >= 4 is 29.1 Å². The van der Waals surface area contributed by atoms with E-state index in [1.54, 1.807) is 12.0 Å². The number of rotatable bonds is 8. The maximum absolute atomic E-state index is 13.0. The van der Waals surface area contributed by atoms with Crippen LogP contribution >= 0.6 is 11.3 Å². The van der Waals surface area contributed by atoms with Crippen molar-refractivity contribution in [3.05, 3.63) is 41.4 Å². The average molecular weight is 488 g/mol. The highest BCUT2D eigenvalue weighted by Crippen LogP contribution is 2.44. The smallest absolute Gasteiger partial charge is 0.311 e. The summed E-state index contributed by atoms with van der Waals surface area (Å²) in [6.07, 6.45) is 1.12. The van der Waals surface area contributed by atoms with Gasteiger partial charge in [-0.2, -0.15) is 0 Å². The summed E-state index contributed by atoms with van der Waals surface area (Å²) in [5, 5.41) is 4.15. The van der Waals surface area contributed by atoms with Gasteiger partial charge in [0.15, 0.2) is 0 Å². The van der Waals surface area contributed by atoms with Crippen molar-refractivity contribution in [2.75, 3.05) is 40.5 Å². The van der Waals surface area contributed by atoms with E-state index in [9.17, 15) is 14.4 Å². The fraction of sp³-hybridized carbons (Fsp3) is 0.500. The number of methoxy groups -OCH3 is 2. The second-order valence-electron chi connectivity index (χ2n) is 8.47. The minimum Gasteiger partial charge on any atom is -0.469 e. The molecule has 1 atom stereocenters. The number of likely N-dealkylation sites (tertiary alicyclic amines) is 1. The van der Waals surface area contributed by atoms with Crippen LogP contribution in [0.1, 0.15) is 25.0 Å². The molecule has 0 saturated carbocycles. The lowest BCUT2D eigenvalue weighted by Gasteiger charge is -2.45. The van der Waals surface area contributed by atoms with Gasteiger partial charge in [-0.1, -0.05) is 30.3 Å². The van der Waals surface area contributed by atoms with E-state index in [4.69, 9.17) is 14.3 Å². The predicted octanol–water partition coefficient (Wildman–Crippen LogP) is 2.31. The van der Waals surface area contributed by atoms with Gasteiger partial charge < -0.3 is 14.4 Å². The fourth-order valence-corrected chi connectivity index (χ4v) is 5.58. The first-order chi connectivity index (χ1) is 16.5. The number of benzene rings is 1. The number of carbonyl (C=O) groups is 3. The normalized spacial score (nSPS) is 19.6. The molecule has 0 bridgehead atoms. The lowest BCUT2D eigenvalue weighted by Crippen LogP contribution is -2.58. The Hall–Kier alpha value is -2.82. The summed E-state index contributed by atoms with van der Waals surface area (Å²) in [6, 6.07) is 9.87. The molecule has 0 radical (unpaired) electrons. The third-order valence-electron chi connectivity index (χ3n) is 6.54. The Morgan fingerprint density at radius 2 is 1.88 bits per heavy atom.